The molecule has 2 N–H and O–H groups in total. The molecular formula is C23H45ClN4O7S3. The number of thioether (sulfide) groups is 1. The lowest BCUT2D eigenvalue weighted by atomic mass is 10.2. The highest BCUT2D eigenvalue weighted by Crippen LogP contribution is 2.34. The number of aliphatic hydroxyl groups is 1. The molecule has 0 aliphatic carbocycles. The lowest BCUT2D eigenvalue weighted by Crippen LogP contribution is -2.42. The fourth-order valence-corrected chi connectivity index (χ4v) is 4.60. The molecule has 1 heterocycles. The summed E-state index contributed by atoms with van der Waals surface area (Å²) in [5.74, 6) is 0.0457. The molecule has 1 atom stereocenters. The summed E-state index contributed by atoms with van der Waals surface area (Å²) in [4.78, 5) is 20.5. The number of alkyl carbamates (subject to hydrolysis) is 1. The van der Waals surface area contributed by atoms with Gasteiger partial charge in [0.1, 0.15) is 17.4 Å². The third-order valence-electron chi connectivity index (χ3n) is 4.03. The number of anilines is 1. The van der Waals surface area contributed by atoms with Crippen LogP contribution in [0.3, 0.4) is 0 Å². The Bertz CT molecular complexity index is 917. The van der Waals surface area contributed by atoms with Crippen molar-refractivity contribution in [3.8, 4) is 5.88 Å². The van der Waals surface area contributed by atoms with Gasteiger partial charge in [-0.05, 0) is 47.3 Å². The van der Waals surface area contributed by atoms with Crippen LogP contribution in [0.1, 0.15) is 61.8 Å². The lowest BCUT2D eigenvalue weighted by molar-refractivity contribution is 0.0491. The molecule has 0 saturated heterocycles. The van der Waals surface area contributed by atoms with E-state index in [0.717, 1.165) is 16.1 Å². The number of thiol groups is 1. The smallest absolute Gasteiger partial charge is 0.407 e. The van der Waals surface area contributed by atoms with Crippen molar-refractivity contribution in [1.82, 2.24) is 15.3 Å². The Hall–Kier alpha value is -1.19. The maximum absolute atomic E-state index is 12.9. The number of aliphatic hydroxyl groups excluding tert-OH is 1. The molecule has 11 nitrogen and oxygen atoms in total. The zero-order chi connectivity index (χ0) is 30.1. The number of aromatic nitrogens is 2. The number of hydrogen-bond donors (Lipinski definition) is 3. The number of hydrogen-bond acceptors (Lipinski definition) is 11. The van der Waals surface area contributed by atoms with Crippen LogP contribution < -0.4 is 14.4 Å². The first-order valence-corrected chi connectivity index (χ1v) is 15.9. The summed E-state index contributed by atoms with van der Waals surface area (Å²) < 4.78 is 42.8. The zero-order valence-corrected chi connectivity index (χ0v) is 27.4. The number of carbonyl (C=O) groups is 1. The normalized spacial score (nSPS) is 11.9. The minimum Gasteiger partial charge on any atom is -0.478 e. The van der Waals surface area contributed by atoms with Crippen LogP contribution in [0.2, 0.25) is 5.15 Å². The number of amides is 1. The van der Waals surface area contributed by atoms with E-state index in [0.29, 0.717) is 13.0 Å². The molecule has 1 rings (SSSR count). The molecule has 1 aromatic rings. The molecule has 0 bridgehead atoms. The molecule has 38 heavy (non-hydrogen) atoms. The van der Waals surface area contributed by atoms with Crippen LogP contribution in [-0.4, -0.2) is 85.5 Å². The van der Waals surface area contributed by atoms with Crippen LogP contribution in [0.25, 0.3) is 0 Å². The van der Waals surface area contributed by atoms with Gasteiger partial charge in [0, 0.05) is 12.4 Å². The first-order chi connectivity index (χ1) is 17.8. The quantitative estimate of drug-likeness (QED) is 0.124. The van der Waals surface area contributed by atoms with Crippen molar-refractivity contribution in [3.05, 3.63) is 5.15 Å². The first kappa shape index (κ1) is 39.0. The van der Waals surface area contributed by atoms with Gasteiger partial charge in [0.2, 0.25) is 15.8 Å². The maximum Gasteiger partial charge on any atom is 0.407 e. The standard InChI is InChI=1S/C20H35ClN4O7S2.C2H6.CH4S/c1-8-9-31-12-25(34(28,29)13(2)3)16-17(30-7)24-18(15(21)23-16)33-11-14(10-26)22-19(27)32-20(4,5)6;2*1-2/h13-14,26H,8-12H2,1-7H3,(H,22,27);1-2H3;2H,1H3/t14-;;/m1../s1. The molecule has 0 aliphatic rings. The van der Waals surface area contributed by atoms with Gasteiger partial charge in [-0.15, -0.1) is 11.8 Å². The largest absolute Gasteiger partial charge is 0.478 e. The van der Waals surface area contributed by atoms with Gasteiger partial charge in [-0.3, -0.25) is 0 Å². The van der Waals surface area contributed by atoms with Gasteiger partial charge in [0.15, 0.2) is 5.15 Å². The van der Waals surface area contributed by atoms with Gasteiger partial charge in [0.05, 0.1) is 25.0 Å². The molecule has 0 spiro atoms. The van der Waals surface area contributed by atoms with E-state index in [9.17, 15) is 18.3 Å². The van der Waals surface area contributed by atoms with Crippen LogP contribution in [0.5, 0.6) is 5.88 Å². The summed E-state index contributed by atoms with van der Waals surface area (Å²) in [6.07, 6.45) is 1.73. The van der Waals surface area contributed by atoms with Gasteiger partial charge in [-0.2, -0.15) is 12.6 Å². The third-order valence-corrected chi connectivity index (χ3v) is 7.61. The SMILES string of the molecule is CC.CCCOCN(c1nc(Cl)c(SC[C@@H](CO)NC(=O)OC(C)(C)C)nc1OC)S(=O)(=O)C(C)C.CS. The van der Waals surface area contributed by atoms with Gasteiger partial charge in [0.25, 0.3) is 5.88 Å². The molecule has 1 aromatic heterocycles. The maximum atomic E-state index is 12.9. The second kappa shape index (κ2) is 19.8. The highest BCUT2D eigenvalue weighted by molar-refractivity contribution is 7.99. The molecule has 0 aromatic carbocycles. The summed E-state index contributed by atoms with van der Waals surface area (Å²) in [6.45, 7) is 13.9. The predicted molar refractivity (Wildman–Crippen MR) is 158 cm³/mol. The number of ether oxygens (including phenoxy) is 3. The number of halogens is 1. The van der Waals surface area contributed by atoms with Crippen molar-refractivity contribution in [1.29, 1.82) is 0 Å². The van der Waals surface area contributed by atoms with E-state index in [1.54, 1.807) is 40.9 Å². The third kappa shape index (κ3) is 13.7. The van der Waals surface area contributed by atoms with E-state index >= 15 is 0 Å². The van der Waals surface area contributed by atoms with Gasteiger partial charge in [-0.1, -0.05) is 32.4 Å². The Labute approximate surface area is 243 Å². The Morgan fingerprint density at radius 3 is 2.26 bits per heavy atom. The second-order valence-corrected chi connectivity index (χ2v) is 12.2. The first-order valence-electron chi connectivity index (χ1n) is 12.2. The summed E-state index contributed by atoms with van der Waals surface area (Å²) >= 11 is 11.0. The van der Waals surface area contributed by atoms with E-state index < -0.39 is 33.0 Å². The summed E-state index contributed by atoms with van der Waals surface area (Å²) in [5.41, 5.74) is -0.682. The number of nitrogens with zero attached hydrogens (tertiary/aromatic N) is 3. The van der Waals surface area contributed by atoms with Crippen LogP contribution in [0.4, 0.5) is 10.6 Å². The van der Waals surface area contributed by atoms with E-state index in [2.05, 4.69) is 27.9 Å². The number of rotatable bonds is 13. The van der Waals surface area contributed by atoms with Crippen molar-refractivity contribution in [3.63, 3.8) is 0 Å². The Morgan fingerprint density at radius 2 is 1.82 bits per heavy atom. The average Bonchev–Trinajstić information content (AvgIpc) is 2.86. The topological polar surface area (TPSA) is 140 Å². The summed E-state index contributed by atoms with van der Waals surface area (Å²) in [7, 11) is -2.49. The minimum absolute atomic E-state index is 0.0585. The van der Waals surface area contributed by atoms with Gasteiger partial charge in [-0.25, -0.2) is 27.5 Å². The van der Waals surface area contributed by atoms with Crippen molar-refractivity contribution >= 4 is 57.9 Å². The molecule has 0 radical (unpaired) electrons. The van der Waals surface area contributed by atoms with Gasteiger partial charge < -0.3 is 24.6 Å². The second-order valence-electron chi connectivity index (χ2n) is 8.47. The lowest BCUT2D eigenvalue weighted by Gasteiger charge is -2.26. The average molecular weight is 621 g/mol. The molecular weight excluding hydrogens is 576 g/mol. The molecule has 1 amide bonds. The van der Waals surface area contributed by atoms with Crippen molar-refractivity contribution < 1.29 is 32.5 Å². The Balaban J connectivity index is 0. The van der Waals surface area contributed by atoms with Gasteiger partial charge >= 0.3 is 6.09 Å². The van der Waals surface area contributed by atoms with Crippen LogP contribution in [-0.2, 0) is 19.5 Å². The van der Waals surface area contributed by atoms with Crippen LogP contribution >= 0.6 is 36.0 Å². The van der Waals surface area contributed by atoms with E-state index in [4.69, 9.17) is 25.8 Å². The molecule has 0 fully saturated rings. The zero-order valence-electron chi connectivity index (χ0n) is 24.1. The van der Waals surface area contributed by atoms with Crippen molar-refractivity contribution in [2.24, 2.45) is 0 Å². The predicted octanol–water partition coefficient (Wildman–Crippen LogP) is 4.62. The number of nitrogens with one attached hydrogen (secondary N) is 1. The van der Waals surface area contributed by atoms with E-state index in [-0.39, 0.29) is 41.0 Å². The number of carbonyl (C=O) groups excluding carboxylic acids is 1. The van der Waals surface area contributed by atoms with E-state index in [1.807, 2.05) is 20.8 Å². The Kier molecular flexibility index (Phi) is 20.3. The number of sulfonamides is 1. The monoisotopic (exact) mass is 620 g/mol. The van der Waals surface area contributed by atoms with Crippen molar-refractivity contribution in [2.75, 3.05) is 43.4 Å². The Morgan fingerprint density at radius 1 is 1.24 bits per heavy atom. The van der Waals surface area contributed by atoms with Crippen LogP contribution in [0, 0.1) is 0 Å². The van der Waals surface area contributed by atoms with E-state index in [1.165, 1.54) is 7.11 Å². The fraction of sp³-hybridized carbons (Fsp3) is 0.783. The molecule has 0 saturated carbocycles. The van der Waals surface area contributed by atoms with Crippen LogP contribution in [0.15, 0.2) is 5.03 Å². The summed E-state index contributed by atoms with van der Waals surface area (Å²) in [6, 6.07) is -0.649. The molecule has 0 unspecified atom stereocenters. The molecule has 224 valence electrons. The molecule has 0 aliphatic heterocycles. The highest BCUT2D eigenvalue weighted by Gasteiger charge is 2.32. The highest BCUT2D eigenvalue weighted by atomic mass is 35.5. The summed E-state index contributed by atoms with van der Waals surface area (Å²) in [5, 5.41) is 11.6. The molecule has 15 heteroatoms. The number of methoxy groups -OCH3 is 1. The minimum atomic E-state index is -3.83. The van der Waals surface area contributed by atoms with Crippen molar-refractivity contribution in [2.45, 2.75) is 83.7 Å². The fourth-order valence-electron chi connectivity index (χ4n) is 2.36.